The quantitative estimate of drug-likeness (QED) is 0.881. The van der Waals surface area contributed by atoms with Crippen molar-refractivity contribution in [2.24, 2.45) is 0 Å². The highest BCUT2D eigenvalue weighted by atomic mass is 19.2. The van der Waals surface area contributed by atoms with Crippen molar-refractivity contribution in [2.75, 3.05) is 18.0 Å². The second-order valence-corrected chi connectivity index (χ2v) is 5.54. The average Bonchev–Trinajstić information content (AvgIpc) is 3.05. The summed E-state index contributed by atoms with van der Waals surface area (Å²) in [6.07, 6.45) is 7.44. The highest BCUT2D eigenvalue weighted by molar-refractivity contribution is 5.93. The van der Waals surface area contributed by atoms with Crippen LogP contribution in [-0.2, 0) is 13.0 Å². The Balaban J connectivity index is 1.59. The van der Waals surface area contributed by atoms with Gasteiger partial charge >= 0.3 is 6.03 Å². The van der Waals surface area contributed by atoms with Gasteiger partial charge in [-0.1, -0.05) is 0 Å². The summed E-state index contributed by atoms with van der Waals surface area (Å²) in [5.41, 5.74) is 1.13. The Bertz CT molecular complexity index is 688. The minimum absolute atomic E-state index is 0.275. The van der Waals surface area contributed by atoms with Crippen molar-refractivity contribution in [3.05, 3.63) is 48.1 Å². The number of fused-ring (bicyclic) bond motifs is 1. The Labute approximate surface area is 132 Å². The maximum absolute atomic E-state index is 13.5. The van der Waals surface area contributed by atoms with Gasteiger partial charge in [-0.2, -0.15) is 0 Å². The van der Waals surface area contributed by atoms with Crippen molar-refractivity contribution < 1.29 is 13.6 Å². The molecule has 2 aromatic rings. The van der Waals surface area contributed by atoms with E-state index in [1.165, 1.54) is 11.0 Å². The summed E-state index contributed by atoms with van der Waals surface area (Å²) in [5, 5.41) is 2.83. The number of aromatic nitrogens is 2. The van der Waals surface area contributed by atoms with Crippen LogP contribution in [0.4, 0.5) is 19.3 Å². The van der Waals surface area contributed by atoms with Gasteiger partial charge in [0.25, 0.3) is 0 Å². The standard InChI is InChI=1S/C16H18F2N4O/c17-13-9-12-3-1-7-22(15(12)10-14(13)18)16(23)20-4-2-6-21-8-5-19-11-21/h5,8-11H,1-4,6-7H2,(H,20,23). The topological polar surface area (TPSA) is 50.2 Å². The molecule has 0 saturated heterocycles. The van der Waals surface area contributed by atoms with E-state index in [9.17, 15) is 13.6 Å². The smallest absolute Gasteiger partial charge is 0.321 e. The van der Waals surface area contributed by atoms with E-state index in [1.807, 2.05) is 10.8 Å². The van der Waals surface area contributed by atoms with E-state index in [-0.39, 0.29) is 6.03 Å². The average molecular weight is 320 g/mol. The molecule has 2 heterocycles. The molecule has 7 heteroatoms. The van der Waals surface area contributed by atoms with Crippen LogP contribution in [0.5, 0.6) is 0 Å². The predicted octanol–water partition coefficient (Wildman–Crippen LogP) is 2.71. The first kappa shape index (κ1) is 15.5. The summed E-state index contributed by atoms with van der Waals surface area (Å²) in [6, 6.07) is 2.01. The lowest BCUT2D eigenvalue weighted by Gasteiger charge is -2.29. The number of carbonyl (C=O) groups is 1. The molecule has 1 aliphatic rings. The number of hydrogen-bond acceptors (Lipinski definition) is 2. The lowest BCUT2D eigenvalue weighted by atomic mass is 10.0. The predicted molar refractivity (Wildman–Crippen MR) is 82.3 cm³/mol. The molecule has 1 N–H and O–H groups in total. The molecule has 0 saturated carbocycles. The zero-order valence-corrected chi connectivity index (χ0v) is 12.6. The van der Waals surface area contributed by atoms with Gasteiger partial charge < -0.3 is 9.88 Å². The molecule has 122 valence electrons. The fourth-order valence-corrected chi connectivity index (χ4v) is 2.76. The Morgan fingerprint density at radius 3 is 2.91 bits per heavy atom. The molecular weight excluding hydrogens is 302 g/mol. The lowest BCUT2D eigenvalue weighted by Crippen LogP contribution is -2.43. The molecule has 3 rings (SSSR count). The molecule has 5 nitrogen and oxygen atoms in total. The zero-order chi connectivity index (χ0) is 16.2. The number of imidazole rings is 1. The Morgan fingerprint density at radius 1 is 1.30 bits per heavy atom. The molecule has 1 aromatic carbocycles. The number of carbonyl (C=O) groups excluding carboxylic acids is 1. The van der Waals surface area contributed by atoms with E-state index in [2.05, 4.69) is 10.3 Å². The Hall–Kier alpha value is -2.44. The minimum atomic E-state index is -0.927. The third kappa shape index (κ3) is 3.49. The first-order valence-corrected chi connectivity index (χ1v) is 7.64. The molecule has 0 unspecified atom stereocenters. The van der Waals surface area contributed by atoms with Crippen LogP contribution in [0.15, 0.2) is 30.9 Å². The van der Waals surface area contributed by atoms with E-state index >= 15 is 0 Å². The van der Waals surface area contributed by atoms with E-state index in [1.54, 1.807) is 12.5 Å². The van der Waals surface area contributed by atoms with Crippen molar-refractivity contribution in [1.82, 2.24) is 14.9 Å². The van der Waals surface area contributed by atoms with Gasteiger partial charge in [-0.25, -0.2) is 18.6 Å². The van der Waals surface area contributed by atoms with Crippen LogP contribution >= 0.6 is 0 Å². The first-order valence-electron chi connectivity index (χ1n) is 7.64. The molecule has 0 atom stereocenters. The van der Waals surface area contributed by atoms with E-state index in [0.29, 0.717) is 30.8 Å². The van der Waals surface area contributed by atoms with Crippen LogP contribution < -0.4 is 10.2 Å². The second kappa shape index (κ2) is 6.76. The van der Waals surface area contributed by atoms with Gasteiger partial charge in [-0.05, 0) is 30.9 Å². The molecule has 0 spiro atoms. The van der Waals surface area contributed by atoms with Crippen LogP contribution in [0.3, 0.4) is 0 Å². The molecule has 0 fully saturated rings. The van der Waals surface area contributed by atoms with Crippen molar-refractivity contribution in [3.8, 4) is 0 Å². The summed E-state index contributed by atoms with van der Waals surface area (Å²) >= 11 is 0. The number of rotatable bonds is 4. The van der Waals surface area contributed by atoms with Gasteiger partial charge in [0.15, 0.2) is 11.6 Å². The van der Waals surface area contributed by atoms with Crippen LogP contribution in [0.2, 0.25) is 0 Å². The van der Waals surface area contributed by atoms with Crippen LogP contribution in [-0.4, -0.2) is 28.7 Å². The normalized spacial score (nSPS) is 13.7. The van der Waals surface area contributed by atoms with Crippen molar-refractivity contribution in [3.63, 3.8) is 0 Å². The van der Waals surface area contributed by atoms with Gasteiger partial charge in [0.1, 0.15) is 0 Å². The molecular formula is C16H18F2N4O. The van der Waals surface area contributed by atoms with Crippen molar-refractivity contribution in [1.29, 1.82) is 0 Å². The fourth-order valence-electron chi connectivity index (χ4n) is 2.76. The molecule has 2 amide bonds. The largest absolute Gasteiger partial charge is 0.338 e. The summed E-state index contributed by atoms with van der Waals surface area (Å²) in [5.74, 6) is -1.80. The van der Waals surface area contributed by atoms with Crippen LogP contribution in [0.1, 0.15) is 18.4 Å². The first-order chi connectivity index (χ1) is 11.1. The van der Waals surface area contributed by atoms with Crippen LogP contribution in [0, 0.1) is 11.6 Å². The van der Waals surface area contributed by atoms with Crippen molar-refractivity contribution >= 4 is 11.7 Å². The highest BCUT2D eigenvalue weighted by Gasteiger charge is 2.24. The Kier molecular flexibility index (Phi) is 4.55. The minimum Gasteiger partial charge on any atom is -0.338 e. The van der Waals surface area contributed by atoms with Gasteiger partial charge in [-0.3, -0.25) is 4.90 Å². The molecule has 0 bridgehead atoms. The second-order valence-electron chi connectivity index (χ2n) is 5.54. The molecule has 1 aliphatic heterocycles. The number of anilines is 1. The molecule has 0 aliphatic carbocycles. The van der Waals surface area contributed by atoms with E-state index in [0.717, 1.165) is 25.5 Å². The number of hydrogen-bond donors (Lipinski definition) is 1. The third-order valence-corrected chi connectivity index (χ3v) is 3.91. The SMILES string of the molecule is O=C(NCCCn1ccnc1)N1CCCc2cc(F)c(F)cc21. The van der Waals surface area contributed by atoms with Crippen molar-refractivity contribution in [2.45, 2.75) is 25.8 Å². The molecule has 1 aromatic heterocycles. The maximum atomic E-state index is 13.5. The summed E-state index contributed by atoms with van der Waals surface area (Å²) in [4.78, 5) is 17.7. The third-order valence-electron chi connectivity index (χ3n) is 3.91. The summed E-state index contributed by atoms with van der Waals surface area (Å²) in [6.45, 7) is 1.77. The number of nitrogens with one attached hydrogen (secondary N) is 1. The van der Waals surface area contributed by atoms with E-state index < -0.39 is 11.6 Å². The van der Waals surface area contributed by atoms with Gasteiger partial charge in [0.05, 0.1) is 12.0 Å². The lowest BCUT2D eigenvalue weighted by molar-refractivity contribution is 0.245. The zero-order valence-electron chi connectivity index (χ0n) is 12.6. The number of aryl methyl sites for hydroxylation is 2. The molecule has 23 heavy (non-hydrogen) atoms. The highest BCUT2D eigenvalue weighted by Crippen LogP contribution is 2.29. The Morgan fingerprint density at radius 2 is 2.13 bits per heavy atom. The number of urea groups is 1. The number of benzene rings is 1. The summed E-state index contributed by atoms with van der Waals surface area (Å²) < 4.78 is 28.7. The number of halogens is 2. The number of amides is 2. The van der Waals surface area contributed by atoms with Gasteiger partial charge in [-0.15, -0.1) is 0 Å². The summed E-state index contributed by atoms with van der Waals surface area (Å²) in [7, 11) is 0. The fraction of sp³-hybridized carbons (Fsp3) is 0.375. The van der Waals surface area contributed by atoms with E-state index in [4.69, 9.17) is 0 Å². The van der Waals surface area contributed by atoms with Crippen LogP contribution in [0.25, 0.3) is 0 Å². The van der Waals surface area contributed by atoms with Gasteiger partial charge in [0, 0.05) is 38.1 Å². The number of nitrogens with zero attached hydrogens (tertiary/aromatic N) is 3. The monoisotopic (exact) mass is 320 g/mol. The van der Waals surface area contributed by atoms with Gasteiger partial charge in [0.2, 0.25) is 0 Å². The maximum Gasteiger partial charge on any atom is 0.321 e. The molecule has 0 radical (unpaired) electrons.